The smallest absolute Gasteiger partial charge is 0.349 e. The first-order chi connectivity index (χ1) is 19.2. The van der Waals surface area contributed by atoms with E-state index in [2.05, 4.69) is 0 Å². The SMILES string of the molecule is CCN1C(C)=C(C(=O)OC)C(c2ccccc2)N2C(=O)[C@@]3(C(=O)OC)O[C@@]12C1C(=O)N(c2ccccc2)C(=O)C13. The van der Waals surface area contributed by atoms with Crippen molar-refractivity contribution in [2.24, 2.45) is 11.8 Å². The van der Waals surface area contributed by atoms with E-state index in [1.54, 1.807) is 79.4 Å². The van der Waals surface area contributed by atoms with Gasteiger partial charge in [-0.15, -0.1) is 0 Å². The van der Waals surface area contributed by atoms with E-state index in [0.29, 0.717) is 16.9 Å². The van der Waals surface area contributed by atoms with Crippen molar-refractivity contribution in [3.8, 4) is 0 Å². The van der Waals surface area contributed by atoms with Crippen molar-refractivity contribution in [2.45, 2.75) is 31.3 Å². The zero-order valence-electron chi connectivity index (χ0n) is 22.3. The molecular formula is C29H27N3O8. The molecule has 11 nitrogen and oxygen atoms in total. The highest BCUT2D eigenvalue weighted by Gasteiger charge is 2.88. The topological polar surface area (TPSA) is 123 Å². The molecule has 2 bridgehead atoms. The summed E-state index contributed by atoms with van der Waals surface area (Å²) >= 11 is 0. The summed E-state index contributed by atoms with van der Waals surface area (Å²) < 4.78 is 16.7. The molecule has 6 rings (SSSR count). The van der Waals surface area contributed by atoms with Crippen LogP contribution in [0, 0.1) is 11.8 Å². The minimum Gasteiger partial charge on any atom is -0.466 e. The second-order valence-corrected chi connectivity index (χ2v) is 10.0. The number of methoxy groups -OCH3 is 2. The Hall–Kier alpha value is -4.51. The second kappa shape index (κ2) is 8.75. The number of imide groups is 1. The summed E-state index contributed by atoms with van der Waals surface area (Å²) in [4.78, 5) is 73.6. The molecule has 11 heteroatoms. The van der Waals surface area contributed by atoms with Crippen molar-refractivity contribution < 1.29 is 38.2 Å². The first kappa shape index (κ1) is 25.8. The number of hydrogen-bond acceptors (Lipinski definition) is 9. The summed E-state index contributed by atoms with van der Waals surface area (Å²) in [6.45, 7) is 3.61. The Kier molecular flexibility index (Phi) is 5.63. The normalized spacial score (nSPS) is 30.6. The summed E-state index contributed by atoms with van der Waals surface area (Å²) in [5.74, 6) is -8.66. The van der Waals surface area contributed by atoms with Gasteiger partial charge in [-0.1, -0.05) is 48.5 Å². The van der Waals surface area contributed by atoms with Crippen molar-refractivity contribution in [1.82, 2.24) is 9.80 Å². The second-order valence-electron chi connectivity index (χ2n) is 10.0. The molecule has 0 saturated carbocycles. The van der Waals surface area contributed by atoms with Gasteiger partial charge in [-0.2, -0.15) is 0 Å². The Balaban J connectivity index is 1.67. The highest BCUT2D eigenvalue weighted by atomic mass is 16.6. The van der Waals surface area contributed by atoms with Crippen LogP contribution in [-0.2, 0) is 38.2 Å². The third-order valence-corrected chi connectivity index (χ3v) is 8.40. The number of hydrogen-bond donors (Lipinski definition) is 0. The van der Waals surface area contributed by atoms with Crippen LogP contribution in [0.1, 0.15) is 25.5 Å². The summed E-state index contributed by atoms with van der Waals surface area (Å²) in [5.41, 5.74) is -1.05. The molecule has 0 aromatic heterocycles. The van der Waals surface area contributed by atoms with Crippen LogP contribution in [0.3, 0.4) is 0 Å². The molecule has 3 amide bonds. The van der Waals surface area contributed by atoms with Crippen molar-refractivity contribution in [3.05, 3.63) is 77.5 Å². The van der Waals surface area contributed by atoms with E-state index in [1.807, 2.05) is 0 Å². The number of anilines is 1. The van der Waals surface area contributed by atoms with E-state index in [4.69, 9.17) is 14.2 Å². The molecule has 40 heavy (non-hydrogen) atoms. The average Bonchev–Trinajstić information content (AvgIpc) is 3.54. The molecule has 3 fully saturated rings. The van der Waals surface area contributed by atoms with Crippen molar-refractivity contribution in [2.75, 3.05) is 25.7 Å². The van der Waals surface area contributed by atoms with Gasteiger partial charge in [0.05, 0.1) is 31.5 Å². The molecule has 2 aromatic rings. The quantitative estimate of drug-likeness (QED) is 0.314. The molecule has 1 spiro atoms. The number of ether oxygens (including phenoxy) is 3. The van der Waals surface area contributed by atoms with E-state index in [1.165, 1.54) is 12.0 Å². The number of amides is 3. The monoisotopic (exact) mass is 545 g/mol. The Bertz CT molecular complexity index is 1490. The molecule has 0 radical (unpaired) electrons. The lowest BCUT2D eigenvalue weighted by atomic mass is 9.73. The minimum atomic E-state index is -2.44. The number of carbonyl (C=O) groups excluding carboxylic acids is 5. The summed E-state index contributed by atoms with van der Waals surface area (Å²) in [5, 5.41) is 0. The number of benzene rings is 2. The van der Waals surface area contributed by atoms with Gasteiger partial charge in [0.25, 0.3) is 11.5 Å². The number of carbonyl (C=O) groups is 5. The standard InChI is InChI=1S/C29H27N3O8/c1-5-30-16(2)19(25(35)38-3)22(17-12-8-6-9-13-17)32-26(36)28(27(37)39-4)20-21(29(30,32)40-28)24(34)31(23(20)33)18-14-10-7-11-15-18/h6-15,20-22H,5H2,1-4H3/t20?,21?,22?,28-,29-/m0/s1. The van der Waals surface area contributed by atoms with Gasteiger partial charge in [-0.3, -0.25) is 19.3 Å². The largest absolute Gasteiger partial charge is 0.466 e. The van der Waals surface area contributed by atoms with Crippen LogP contribution in [0.25, 0.3) is 0 Å². The molecule has 4 aliphatic heterocycles. The van der Waals surface area contributed by atoms with Gasteiger partial charge in [0, 0.05) is 12.2 Å². The lowest BCUT2D eigenvalue weighted by Gasteiger charge is -2.55. The molecule has 2 aromatic carbocycles. The summed E-state index contributed by atoms with van der Waals surface area (Å²) in [7, 11) is 2.33. The van der Waals surface area contributed by atoms with Crippen molar-refractivity contribution in [1.29, 1.82) is 0 Å². The minimum absolute atomic E-state index is 0.152. The molecule has 3 saturated heterocycles. The maximum Gasteiger partial charge on any atom is 0.349 e. The van der Waals surface area contributed by atoms with E-state index < -0.39 is 59.0 Å². The van der Waals surface area contributed by atoms with Gasteiger partial charge >= 0.3 is 11.9 Å². The van der Waals surface area contributed by atoms with Crippen LogP contribution in [0.5, 0.6) is 0 Å². The molecule has 0 N–H and O–H groups in total. The molecule has 0 aliphatic carbocycles. The predicted octanol–water partition coefficient (Wildman–Crippen LogP) is 1.75. The Morgan fingerprint density at radius 3 is 2.08 bits per heavy atom. The zero-order chi connectivity index (χ0) is 28.6. The van der Waals surface area contributed by atoms with Gasteiger partial charge in [-0.05, 0) is 31.5 Å². The fraction of sp³-hybridized carbons (Fsp3) is 0.345. The molecule has 4 aliphatic rings. The Morgan fingerprint density at radius 1 is 0.900 bits per heavy atom. The molecule has 4 heterocycles. The van der Waals surface area contributed by atoms with Gasteiger partial charge in [0.2, 0.25) is 17.7 Å². The molecule has 3 unspecified atom stereocenters. The van der Waals surface area contributed by atoms with Gasteiger partial charge < -0.3 is 19.1 Å². The predicted molar refractivity (Wildman–Crippen MR) is 138 cm³/mol. The lowest BCUT2D eigenvalue weighted by Crippen LogP contribution is -2.70. The maximum atomic E-state index is 14.6. The van der Waals surface area contributed by atoms with Crippen LogP contribution in [0.15, 0.2) is 71.9 Å². The maximum absolute atomic E-state index is 14.6. The van der Waals surface area contributed by atoms with Crippen molar-refractivity contribution in [3.63, 3.8) is 0 Å². The van der Waals surface area contributed by atoms with Gasteiger partial charge in [0.1, 0.15) is 11.8 Å². The number of rotatable bonds is 5. The van der Waals surface area contributed by atoms with E-state index in [-0.39, 0.29) is 12.1 Å². The van der Waals surface area contributed by atoms with Crippen LogP contribution < -0.4 is 4.90 Å². The van der Waals surface area contributed by atoms with Gasteiger partial charge in [0.15, 0.2) is 0 Å². The highest BCUT2D eigenvalue weighted by Crippen LogP contribution is 2.65. The van der Waals surface area contributed by atoms with Crippen LogP contribution in [0.4, 0.5) is 5.69 Å². The van der Waals surface area contributed by atoms with Crippen LogP contribution in [0.2, 0.25) is 0 Å². The van der Waals surface area contributed by atoms with Crippen LogP contribution >= 0.6 is 0 Å². The number of allylic oxidation sites excluding steroid dienone is 1. The number of esters is 2. The Labute approximate surface area is 229 Å². The fourth-order valence-corrected chi connectivity index (χ4v) is 6.91. The average molecular weight is 546 g/mol. The molecule has 5 atom stereocenters. The Morgan fingerprint density at radius 2 is 1.50 bits per heavy atom. The third kappa shape index (κ3) is 2.84. The number of nitrogens with zero attached hydrogens (tertiary/aromatic N) is 3. The van der Waals surface area contributed by atoms with Gasteiger partial charge in [-0.25, -0.2) is 14.5 Å². The van der Waals surface area contributed by atoms with Crippen LogP contribution in [-0.4, -0.2) is 71.7 Å². The molecular weight excluding hydrogens is 518 g/mol. The number of fused-ring (bicyclic) bond motifs is 3. The summed E-state index contributed by atoms with van der Waals surface area (Å²) in [6.07, 6.45) is 0. The van der Waals surface area contributed by atoms with E-state index in [0.717, 1.165) is 12.0 Å². The van der Waals surface area contributed by atoms with Crippen molar-refractivity contribution >= 4 is 35.3 Å². The number of para-hydroxylation sites is 1. The lowest BCUT2D eigenvalue weighted by molar-refractivity contribution is -0.222. The third-order valence-electron chi connectivity index (χ3n) is 8.40. The van der Waals surface area contributed by atoms with E-state index >= 15 is 0 Å². The first-order valence-corrected chi connectivity index (χ1v) is 12.9. The fourth-order valence-electron chi connectivity index (χ4n) is 6.91. The highest BCUT2D eigenvalue weighted by molar-refractivity contribution is 6.28. The van der Waals surface area contributed by atoms with E-state index in [9.17, 15) is 24.0 Å². The number of piperidine rings is 1. The molecule has 206 valence electrons. The first-order valence-electron chi connectivity index (χ1n) is 12.9. The zero-order valence-corrected chi connectivity index (χ0v) is 22.3. The summed E-state index contributed by atoms with van der Waals surface area (Å²) in [6, 6.07) is 16.0.